The van der Waals surface area contributed by atoms with Gasteiger partial charge in [-0.1, -0.05) is 13.8 Å². The van der Waals surface area contributed by atoms with Crippen molar-refractivity contribution in [2.45, 2.75) is 13.8 Å². The molecular formula is C24H21N5O4S. The Morgan fingerprint density at radius 1 is 1.09 bits per heavy atom. The van der Waals surface area contributed by atoms with E-state index in [2.05, 4.69) is 15.4 Å². The number of thiazole rings is 1. The van der Waals surface area contributed by atoms with Crippen LogP contribution in [-0.4, -0.2) is 50.9 Å². The molecule has 5 rings (SSSR count). The van der Waals surface area contributed by atoms with E-state index in [0.29, 0.717) is 17.1 Å². The van der Waals surface area contributed by atoms with Crippen LogP contribution in [-0.2, 0) is 0 Å². The number of anilines is 1. The number of amides is 3. The number of rotatable bonds is 6. The van der Waals surface area contributed by atoms with E-state index in [-0.39, 0.29) is 34.8 Å². The molecule has 3 heterocycles. The third-order valence-electron chi connectivity index (χ3n) is 5.47. The molecule has 0 saturated carbocycles. The average Bonchev–Trinajstić information content (AvgIpc) is 3.47. The Hall–Kier alpha value is -4.05. The van der Waals surface area contributed by atoms with Crippen LogP contribution >= 0.6 is 11.3 Å². The number of hydrogen-bond donors (Lipinski definition) is 1. The minimum absolute atomic E-state index is 0.147. The van der Waals surface area contributed by atoms with Crippen LogP contribution in [0.4, 0.5) is 5.95 Å². The zero-order valence-electron chi connectivity index (χ0n) is 18.7. The molecule has 0 unspecified atom stereocenters. The van der Waals surface area contributed by atoms with E-state index < -0.39 is 5.91 Å². The highest BCUT2D eigenvalue weighted by Gasteiger charge is 2.36. The van der Waals surface area contributed by atoms with Gasteiger partial charge >= 0.3 is 0 Å². The van der Waals surface area contributed by atoms with Crippen LogP contribution < -0.4 is 10.1 Å². The van der Waals surface area contributed by atoms with E-state index in [4.69, 9.17) is 4.74 Å². The molecule has 2 aromatic carbocycles. The predicted octanol–water partition coefficient (Wildman–Crippen LogP) is 3.97. The summed E-state index contributed by atoms with van der Waals surface area (Å²) in [5.74, 6) is -0.126. The lowest BCUT2D eigenvalue weighted by Gasteiger charge is -2.15. The van der Waals surface area contributed by atoms with Crippen LogP contribution in [0.15, 0.2) is 47.8 Å². The maximum atomic E-state index is 12.9. The smallest absolute Gasteiger partial charge is 0.261 e. The number of carbonyl (C=O) groups is 3. The number of fused-ring (bicyclic) bond motifs is 2. The lowest BCUT2D eigenvalue weighted by molar-refractivity contribution is 0.0636. The minimum atomic E-state index is -0.463. The Balaban J connectivity index is 1.38. The summed E-state index contributed by atoms with van der Waals surface area (Å²) in [6.45, 7) is 4.20. The number of hydrogen-bond acceptors (Lipinski definition) is 7. The number of nitrogens with zero attached hydrogens (tertiary/aromatic N) is 4. The number of benzene rings is 2. The predicted molar refractivity (Wildman–Crippen MR) is 127 cm³/mol. The molecule has 3 amide bonds. The Morgan fingerprint density at radius 3 is 2.53 bits per heavy atom. The SMILES string of the molecule is COc1ccc(-c2csc3nc(NC(=O)c4ccc5c(c4)C(=O)N(CC(C)C)C5=O)nn23)cc1. The zero-order valence-corrected chi connectivity index (χ0v) is 19.5. The lowest BCUT2D eigenvalue weighted by atomic mass is 10.1. The van der Waals surface area contributed by atoms with Gasteiger partial charge < -0.3 is 4.74 Å². The maximum Gasteiger partial charge on any atom is 0.261 e. The van der Waals surface area contributed by atoms with Crippen molar-refractivity contribution in [3.05, 3.63) is 64.5 Å². The van der Waals surface area contributed by atoms with Crippen LogP contribution in [0.2, 0.25) is 0 Å². The Bertz CT molecular complexity index is 1440. The van der Waals surface area contributed by atoms with Gasteiger partial charge in [-0.15, -0.1) is 16.4 Å². The van der Waals surface area contributed by atoms with Crippen molar-refractivity contribution in [2.24, 2.45) is 5.92 Å². The molecule has 10 heteroatoms. The van der Waals surface area contributed by atoms with Crippen molar-refractivity contribution in [3.8, 4) is 17.0 Å². The van der Waals surface area contributed by atoms with Gasteiger partial charge in [0.1, 0.15) is 5.75 Å². The third kappa shape index (κ3) is 3.71. The molecule has 1 N–H and O–H groups in total. The van der Waals surface area contributed by atoms with Gasteiger partial charge in [-0.2, -0.15) is 4.98 Å². The minimum Gasteiger partial charge on any atom is -0.497 e. The number of aromatic nitrogens is 3. The Morgan fingerprint density at radius 2 is 1.82 bits per heavy atom. The highest BCUT2D eigenvalue weighted by atomic mass is 32.1. The van der Waals surface area contributed by atoms with Crippen molar-refractivity contribution < 1.29 is 19.1 Å². The second-order valence-electron chi connectivity index (χ2n) is 8.31. The molecule has 0 radical (unpaired) electrons. The molecular weight excluding hydrogens is 454 g/mol. The maximum absolute atomic E-state index is 12.9. The highest BCUT2D eigenvalue weighted by molar-refractivity contribution is 7.15. The van der Waals surface area contributed by atoms with Gasteiger partial charge in [0.2, 0.25) is 4.96 Å². The monoisotopic (exact) mass is 475 g/mol. The van der Waals surface area contributed by atoms with E-state index in [9.17, 15) is 14.4 Å². The van der Waals surface area contributed by atoms with Crippen molar-refractivity contribution in [2.75, 3.05) is 19.0 Å². The first-order valence-corrected chi connectivity index (χ1v) is 11.5. The van der Waals surface area contributed by atoms with Crippen molar-refractivity contribution in [3.63, 3.8) is 0 Å². The zero-order chi connectivity index (χ0) is 24.0. The summed E-state index contributed by atoms with van der Waals surface area (Å²) in [5.41, 5.74) is 2.57. The summed E-state index contributed by atoms with van der Waals surface area (Å²) in [5, 5.41) is 9.05. The molecule has 0 spiro atoms. The largest absolute Gasteiger partial charge is 0.497 e. The number of ether oxygens (including phenoxy) is 1. The van der Waals surface area contributed by atoms with E-state index in [1.54, 1.807) is 11.6 Å². The number of nitrogens with one attached hydrogen (secondary N) is 1. The number of carbonyl (C=O) groups excluding carboxylic acids is 3. The molecule has 1 aliphatic heterocycles. The second kappa shape index (κ2) is 8.38. The molecule has 0 bridgehead atoms. The fourth-order valence-corrected chi connectivity index (χ4v) is 4.66. The lowest BCUT2D eigenvalue weighted by Crippen LogP contribution is -2.33. The van der Waals surface area contributed by atoms with Gasteiger partial charge in [0.15, 0.2) is 0 Å². The number of methoxy groups -OCH3 is 1. The van der Waals surface area contributed by atoms with Crippen LogP contribution in [0, 0.1) is 5.92 Å². The van der Waals surface area contributed by atoms with Gasteiger partial charge in [0.05, 0.1) is 23.9 Å². The van der Waals surface area contributed by atoms with E-state index in [1.807, 2.05) is 43.5 Å². The van der Waals surface area contributed by atoms with Crippen LogP contribution in [0.3, 0.4) is 0 Å². The molecule has 2 aromatic heterocycles. The molecule has 0 atom stereocenters. The first-order valence-electron chi connectivity index (χ1n) is 10.7. The molecule has 1 aliphatic rings. The van der Waals surface area contributed by atoms with E-state index >= 15 is 0 Å². The van der Waals surface area contributed by atoms with Crippen molar-refractivity contribution in [1.82, 2.24) is 19.5 Å². The standard InChI is InChI=1S/C24H21N5O4S/c1-13(2)11-28-21(31)17-9-6-15(10-18(17)22(28)32)20(30)25-23-26-24-29(27-23)19(12-34-24)14-4-7-16(33-3)8-5-14/h4-10,12-13H,11H2,1-3H3,(H,25,27,30). The Kier molecular flexibility index (Phi) is 5.37. The summed E-state index contributed by atoms with van der Waals surface area (Å²) >= 11 is 1.40. The van der Waals surface area contributed by atoms with Gasteiger partial charge in [0, 0.05) is 23.1 Å². The molecule has 172 valence electrons. The summed E-state index contributed by atoms with van der Waals surface area (Å²) in [4.78, 5) is 44.4. The normalized spacial score (nSPS) is 13.1. The second-order valence-corrected chi connectivity index (χ2v) is 9.15. The van der Waals surface area contributed by atoms with Crippen LogP contribution in [0.25, 0.3) is 16.2 Å². The van der Waals surface area contributed by atoms with Gasteiger partial charge in [-0.3, -0.25) is 24.6 Å². The summed E-state index contributed by atoms with van der Waals surface area (Å²) in [6, 6.07) is 12.1. The van der Waals surface area contributed by atoms with Crippen LogP contribution in [0.1, 0.15) is 44.9 Å². The summed E-state index contributed by atoms with van der Waals surface area (Å²) in [7, 11) is 1.61. The van der Waals surface area contributed by atoms with E-state index in [1.165, 1.54) is 34.4 Å². The van der Waals surface area contributed by atoms with Crippen molar-refractivity contribution in [1.29, 1.82) is 0 Å². The fraction of sp³-hybridized carbons (Fsp3) is 0.208. The molecule has 0 fully saturated rings. The molecule has 0 saturated heterocycles. The van der Waals surface area contributed by atoms with Crippen molar-refractivity contribution >= 4 is 40.0 Å². The number of imide groups is 1. The quantitative estimate of drug-likeness (QED) is 0.423. The third-order valence-corrected chi connectivity index (χ3v) is 6.29. The molecule has 34 heavy (non-hydrogen) atoms. The molecule has 0 aliphatic carbocycles. The first kappa shape index (κ1) is 21.8. The summed E-state index contributed by atoms with van der Waals surface area (Å²) < 4.78 is 6.87. The van der Waals surface area contributed by atoms with Gasteiger partial charge in [-0.05, 0) is 48.4 Å². The van der Waals surface area contributed by atoms with Gasteiger partial charge in [-0.25, -0.2) is 4.52 Å². The average molecular weight is 476 g/mol. The van der Waals surface area contributed by atoms with Gasteiger partial charge in [0.25, 0.3) is 23.7 Å². The highest BCUT2D eigenvalue weighted by Crippen LogP contribution is 2.28. The molecule has 4 aromatic rings. The summed E-state index contributed by atoms with van der Waals surface area (Å²) in [6.07, 6.45) is 0. The fourth-order valence-electron chi connectivity index (χ4n) is 3.83. The Labute approximate surface area is 199 Å². The van der Waals surface area contributed by atoms with E-state index in [0.717, 1.165) is 17.0 Å². The topological polar surface area (TPSA) is 106 Å². The molecule has 9 nitrogen and oxygen atoms in total. The van der Waals surface area contributed by atoms with Crippen LogP contribution in [0.5, 0.6) is 5.75 Å². The first-order chi connectivity index (χ1) is 16.4.